The van der Waals surface area contributed by atoms with Crippen LogP contribution in [0.2, 0.25) is 0 Å². The zero-order valence-electron chi connectivity index (χ0n) is 46.4. The molecule has 4 atom stereocenters. The summed E-state index contributed by atoms with van der Waals surface area (Å²) in [4.78, 5) is 105. The Balaban J connectivity index is 0.745. The molecule has 20 nitrogen and oxygen atoms in total. The number of ether oxygens (including phenoxy) is 5. The molecule has 0 aromatic heterocycles. The van der Waals surface area contributed by atoms with Crippen molar-refractivity contribution in [3.05, 3.63) is 120 Å². The Morgan fingerprint density at radius 1 is 0.679 bits per heavy atom. The van der Waals surface area contributed by atoms with Crippen LogP contribution in [0.5, 0.6) is 28.7 Å². The van der Waals surface area contributed by atoms with Crippen LogP contribution in [0, 0.1) is 5.92 Å². The highest BCUT2D eigenvalue weighted by Crippen LogP contribution is 2.44. The van der Waals surface area contributed by atoms with E-state index in [1.54, 1.807) is 80.3 Å². The highest BCUT2D eigenvalue weighted by Gasteiger charge is 2.42. The van der Waals surface area contributed by atoms with Gasteiger partial charge in [-0.15, -0.1) is 0 Å². The Morgan fingerprint density at radius 3 is 1.93 bits per heavy atom. The number of anilines is 1. The van der Waals surface area contributed by atoms with Crippen molar-refractivity contribution in [2.45, 2.75) is 96.3 Å². The van der Waals surface area contributed by atoms with Crippen molar-refractivity contribution in [2.75, 3.05) is 46.4 Å². The molecule has 0 bridgehead atoms. The Bertz CT molecular complexity index is 3280. The van der Waals surface area contributed by atoms with Crippen LogP contribution in [0.15, 0.2) is 107 Å². The minimum absolute atomic E-state index is 0.162. The number of fused-ring (bicyclic) bond motifs is 4. The van der Waals surface area contributed by atoms with Crippen molar-refractivity contribution < 1.29 is 57.2 Å². The van der Waals surface area contributed by atoms with E-state index in [1.165, 1.54) is 26.4 Å². The Hall–Kier alpha value is -9.07. The predicted octanol–water partition coefficient (Wildman–Crippen LogP) is 7.96. The van der Waals surface area contributed by atoms with Crippen molar-refractivity contribution >= 4 is 82.0 Å². The number of hydrogen-bond acceptors (Lipinski definition) is 14. The molecule has 5 aliphatic rings. The second-order valence-corrected chi connectivity index (χ2v) is 20.9. The van der Waals surface area contributed by atoms with Gasteiger partial charge in [0, 0.05) is 87.0 Å². The van der Waals surface area contributed by atoms with Gasteiger partial charge in [0.05, 0.1) is 68.6 Å². The van der Waals surface area contributed by atoms with E-state index < -0.39 is 29.4 Å². The molecule has 20 heteroatoms. The normalized spacial score (nSPS) is 18.5. The van der Waals surface area contributed by atoms with Crippen LogP contribution in [0.4, 0.5) is 17.1 Å². The fourth-order valence-corrected chi connectivity index (χ4v) is 10.2. The van der Waals surface area contributed by atoms with Gasteiger partial charge in [-0.2, -0.15) is 0 Å². The molecule has 3 N–H and O–H groups in total. The first-order chi connectivity index (χ1) is 39.0. The lowest BCUT2D eigenvalue weighted by atomic mass is 9.93. The Labute approximate surface area is 469 Å². The first-order valence-electron chi connectivity index (χ1n) is 27.0. The highest BCUT2D eigenvalue weighted by molar-refractivity contribution is 6.13. The summed E-state index contributed by atoms with van der Waals surface area (Å²) in [7, 11) is 4.65. The Morgan fingerprint density at radius 2 is 1.30 bits per heavy atom. The minimum atomic E-state index is -0.926. The number of hydrogen-bond donors (Lipinski definition) is 3. The SMILES string of the molecule is COc1ccc(C2=CN3C(=O)c4cc(OC)c(OCCCOc5cc6c(cc5OC)C(=O)N5C=C(c7ccc(NC(=O)[C@H](C)NC(=O)[C@@H](NC(=O)CCCCCN8C(=O)C=CC8=O)C(C)C)cc7)C[C@H]5C=N6)cc4N=C[C@]3(C)C2)cc1. The molecule has 0 unspecified atom stereocenters. The fraction of sp³-hybridized carbons (Fsp3) is 0.361. The maximum absolute atomic E-state index is 14.1. The maximum Gasteiger partial charge on any atom is 0.260 e. The van der Waals surface area contributed by atoms with E-state index in [0.717, 1.165) is 32.9 Å². The van der Waals surface area contributed by atoms with Gasteiger partial charge < -0.3 is 49.4 Å². The number of aliphatic imine (C=N–C) groups is 2. The van der Waals surface area contributed by atoms with E-state index in [9.17, 15) is 33.6 Å². The van der Waals surface area contributed by atoms with E-state index in [2.05, 4.69) is 16.0 Å². The van der Waals surface area contributed by atoms with Crippen molar-refractivity contribution in [2.24, 2.45) is 15.9 Å². The first kappa shape index (κ1) is 56.6. The van der Waals surface area contributed by atoms with Crippen LogP contribution >= 0.6 is 0 Å². The number of imide groups is 1. The van der Waals surface area contributed by atoms with Crippen LogP contribution in [0.3, 0.4) is 0 Å². The van der Waals surface area contributed by atoms with Crippen LogP contribution in [-0.2, 0) is 24.0 Å². The third-order valence-electron chi connectivity index (χ3n) is 14.8. The van der Waals surface area contributed by atoms with Gasteiger partial charge >= 0.3 is 0 Å². The monoisotopic (exact) mass is 1100 g/mol. The van der Waals surface area contributed by atoms with E-state index in [-0.39, 0.29) is 67.7 Å². The number of amides is 7. The number of unbranched alkanes of at least 4 members (excludes halogenated alkanes) is 2. The zero-order chi connectivity index (χ0) is 57.5. The van der Waals surface area contributed by atoms with E-state index in [4.69, 9.17) is 33.7 Å². The van der Waals surface area contributed by atoms with E-state index in [0.29, 0.717) is 89.7 Å². The molecule has 0 saturated heterocycles. The molecular formula is C61H66N8O12. The molecule has 9 rings (SSSR count). The molecule has 81 heavy (non-hydrogen) atoms. The van der Waals surface area contributed by atoms with Gasteiger partial charge in [0.25, 0.3) is 23.6 Å². The lowest BCUT2D eigenvalue weighted by Gasteiger charge is -2.29. The lowest BCUT2D eigenvalue weighted by Crippen LogP contribution is -2.53. The average molecular weight is 1100 g/mol. The molecular weight excluding hydrogens is 1040 g/mol. The topological polar surface area (TPSA) is 236 Å². The summed E-state index contributed by atoms with van der Waals surface area (Å²) >= 11 is 0. The molecule has 4 aromatic rings. The third-order valence-corrected chi connectivity index (χ3v) is 14.8. The third kappa shape index (κ3) is 12.5. The highest BCUT2D eigenvalue weighted by atomic mass is 16.5. The van der Waals surface area contributed by atoms with Crippen LogP contribution in [-0.4, -0.2) is 133 Å². The number of nitrogens with zero attached hydrogens (tertiary/aromatic N) is 5. The number of carbonyl (C=O) groups is 7. The number of rotatable bonds is 23. The van der Waals surface area contributed by atoms with E-state index in [1.807, 2.05) is 61.9 Å². The smallest absolute Gasteiger partial charge is 0.260 e. The van der Waals surface area contributed by atoms with Gasteiger partial charge in [-0.3, -0.25) is 48.4 Å². The van der Waals surface area contributed by atoms with E-state index >= 15 is 0 Å². The van der Waals surface area contributed by atoms with Crippen LogP contribution in [0.25, 0.3) is 11.1 Å². The second-order valence-electron chi connectivity index (χ2n) is 20.9. The largest absolute Gasteiger partial charge is 0.497 e. The molecule has 5 heterocycles. The minimum Gasteiger partial charge on any atom is -0.497 e. The summed E-state index contributed by atoms with van der Waals surface area (Å²) in [5, 5.41) is 8.34. The molecule has 7 amide bonds. The summed E-state index contributed by atoms with van der Waals surface area (Å²) < 4.78 is 29.1. The maximum atomic E-state index is 14.1. The molecule has 5 aliphatic heterocycles. The zero-order valence-corrected chi connectivity index (χ0v) is 46.4. The van der Waals surface area contributed by atoms with Gasteiger partial charge in [-0.05, 0) is 91.3 Å². The summed E-state index contributed by atoms with van der Waals surface area (Å²) in [5.41, 5.74) is 5.23. The molecule has 4 aromatic carbocycles. The molecule has 422 valence electrons. The van der Waals surface area contributed by atoms with Crippen molar-refractivity contribution in [3.63, 3.8) is 0 Å². The van der Waals surface area contributed by atoms with Gasteiger partial charge in [0.1, 0.15) is 17.8 Å². The summed E-state index contributed by atoms with van der Waals surface area (Å²) in [6, 6.07) is 19.5. The molecule has 0 fully saturated rings. The quantitative estimate of drug-likeness (QED) is 0.0474. The van der Waals surface area contributed by atoms with Gasteiger partial charge in [0.15, 0.2) is 23.0 Å². The standard InChI is InChI=1S/C61H66N8O12/c1-36(2)56(66-53(70)12-9-8-10-23-67-54(71)21-22-55(67)72)58(74)64-37(3)57(73)65-42-17-13-38(14-18-42)40-26-43-32-62-47-29-51(49(78-6)27-45(47)59(75)68(43)33-40)80-24-11-25-81-52-30-48-46(28-50(52)79-7)60(76)69-34-41(31-61(69,4)35-63-48)39-15-19-44(77-5)20-16-39/h13-22,27-30,32-37,43,56H,8-12,23-26,31H2,1-7H3,(H,64,74)(H,65,73)(H,66,70)/t37-,43-,56-,61-/m0/s1. The average Bonchev–Trinajstić information content (AvgIpc) is 4.01. The van der Waals surface area contributed by atoms with Crippen LogP contribution < -0.4 is 39.6 Å². The number of benzene rings is 4. The number of nitrogens with one attached hydrogen (secondary N) is 3. The predicted molar refractivity (Wildman–Crippen MR) is 304 cm³/mol. The lowest BCUT2D eigenvalue weighted by molar-refractivity contribution is -0.137. The number of carbonyl (C=O) groups excluding carboxylic acids is 7. The van der Waals surface area contributed by atoms with Crippen molar-refractivity contribution in [3.8, 4) is 28.7 Å². The molecule has 0 spiro atoms. The summed E-state index contributed by atoms with van der Waals surface area (Å²) in [5.74, 6) is -0.300. The van der Waals surface area contributed by atoms with Gasteiger partial charge in [0.2, 0.25) is 17.7 Å². The molecule has 0 saturated carbocycles. The van der Waals surface area contributed by atoms with Crippen molar-refractivity contribution in [1.82, 2.24) is 25.3 Å². The van der Waals surface area contributed by atoms with Crippen molar-refractivity contribution in [1.29, 1.82) is 0 Å². The Kier molecular flexibility index (Phi) is 17.1. The summed E-state index contributed by atoms with van der Waals surface area (Å²) in [6.45, 7) is 7.92. The van der Waals surface area contributed by atoms with Gasteiger partial charge in [-0.1, -0.05) is 44.5 Å². The second kappa shape index (κ2) is 24.5. The number of methoxy groups -OCH3 is 3. The van der Waals surface area contributed by atoms with Gasteiger partial charge in [-0.25, -0.2) is 0 Å². The molecule has 0 radical (unpaired) electrons. The molecule has 0 aliphatic carbocycles. The fourth-order valence-electron chi connectivity index (χ4n) is 10.2. The van der Waals surface area contributed by atoms with Crippen LogP contribution in [0.1, 0.15) is 104 Å². The summed E-state index contributed by atoms with van der Waals surface area (Å²) in [6.07, 6.45) is 13.1. The first-order valence-corrected chi connectivity index (χ1v) is 27.0.